The molecule has 0 saturated carbocycles. The van der Waals surface area contributed by atoms with E-state index in [0.29, 0.717) is 0 Å². The minimum absolute atomic E-state index is 0.0193. The zero-order valence-corrected chi connectivity index (χ0v) is 5.96. The Morgan fingerprint density at radius 3 is 2.75 bits per heavy atom. The van der Waals surface area contributed by atoms with Gasteiger partial charge < -0.3 is 11.5 Å². The highest BCUT2D eigenvalue weighted by molar-refractivity contribution is 5.58. The SMILES string of the molecule is N#CNc1nc(N)c(N)c(=O)[nH]1. The number of anilines is 3. The van der Waals surface area contributed by atoms with Crippen molar-refractivity contribution < 1.29 is 0 Å². The summed E-state index contributed by atoms with van der Waals surface area (Å²) in [6, 6.07) is 0. The molecule has 0 unspecified atom stereocenters. The smallest absolute Gasteiger partial charge is 0.277 e. The van der Waals surface area contributed by atoms with E-state index in [1.807, 2.05) is 0 Å². The molecule has 0 bridgehead atoms. The van der Waals surface area contributed by atoms with E-state index < -0.39 is 5.56 Å². The zero-order valence-electron chi connectivity index (χ0n) is 5.96. The van der Waals surface area contributed by atoms with E-state index in [-0.39, 0.29) is 17.5 Å². The minimum Gasteiger partial charge on any atom is -0.391 e. The molecule has 0 amide bonds. The molecule has 1 rings (SSSR count). The van der Waals surface area contributed by atoms with Gasteiger partial charge in [-0.05, 0) is 0 Å². The normalized spacial score (nSPS) is 8.92. The lowest BCUT2D eigenvalue weighted by molar-refractivity contribution is 1.13. The van der Waals surface area contributed by atoms with Gasteiger partial charge in [0.1, 0.15) is 5.69 Å². The van der Waals surface area contributed by atoms with E-state index in [1.54, 1.807) is 6.19 Å². The molecule has 7 heteroatoms. The number of hydrogen-bond acceptors (Lipinski definition) is 6. The number of hydrogen-bond donors (Lipinski definition) is 4. The molecule has 7 nitrogen and oxygen atoms in total. The molecule has 12 heavy (non-hydrogen) atoms. The van der Waals surface area contributed by atoms with Gasteiger partial charge >= 0.3 is 0 Å². The molecule has 1 aromatic rings. The van der Waals surface area contributed by atoms with Gasteiger partial charge in [-0.1, -0.05) is 0 Å². The number of nitriles is 1. The Kier molecular flexibility index (Phi) is 1.83. The molecule has 1 aromatic heterocycles. The lowest BCUT2D eigenvalue weighted by Crippen LogP contribution is -2.17. The monoisotopic (exact) mass is 166 g/mol. The van der Waals surface area contributed by atoms with Crippen molar-refractivity contribution in [1.29, 1.82) is 5.26 Å². The van der Waals surface area contributed by atoms with Gasteiger partial charge in [-0.15, -0.1) is 0 Å². The second-order valence-electron chi connectivity index (χ2n) is 1.95. The summed E-state index contributed by atoms with van der Waals surface area (Å²) >= 11 is 0. The molecule has 6 N–H and O–H groups in total. The van der Waals surface area contributed by atoms with Gasteiger partial charge in [-0.2, -0.15) is 10.2 Å². The first kappa shape index (κ1) is 7.87. The van der Waals surface area contributed by atoms with Crippen LogP contribution in [0.15, 0.2) is 4.79 Å². The maximum Gasteiger partial charge on any atom is 0.277 e. The number of rotatable bonds is 1. The van der Waals surface area contributed by atoms with Gasteiger partial charge in [0.25, 0.3) is 5.56 Å². The molecule has 0 saturated heterocycles. The van der Waals surface area contributed by atoms with Crippen LogP contribution in [0, 0.1) is 11.5 Å². The van der Waals surface area contributed by atoms with Crippen LogP contribution in [0.1, 0.15) is 0 Å². The number of aromatic nitrogens is 2. The Morgan fingerprint density at radius 1 is 1.58 bits per heavy atom. The minimum atomic E-state index is -0.569. The van der Waals surface area contributed by atoms with E-state index in [2.05, 4.69) is 15.3 Å². The van der Waals surface area contributed by atoms with Crippen LogP contribution in [0.3, 0.4) is 0 Å². The molecule has 0 spiro atoms. The van der Waals surface area contributed by atoms with Crippen LogP contribution in [0.2, 0.25) is 0 Å². The summed E-state index contributed by atoms with van der Waals surface area (Å²) in [5.41, 5.74) is 9.73. The van der Waals surface area contributed by atoms with Crippen LogP contribution in [0.4, 0.5) is 17.5 Å². The summed E-state index contributed by atoms with van der Waals surface area (Å²) in [7, 11) is 0. The van der Waals surface area contributed by atoms with Crippen molar-refractivity contribution >= 4 is 17.5 Å². The van der Waals surface area contributed by atoms with Crippen molar-refractivity contribution in [3.05, 3.63) is 10.4 Å². The summed E-state index contributed by atoms with van der Waals surface area (Å²) in [4.78, 5) is 16.7. The van der Waals surface area contributed by atoms with Crippen molar-refractivity contribution in [3.63, 3.8) is 0 Å². The van der Waals surface area contributed by atoms with Crippen molar-refractivity contribution in [2.45, 2.75) is 0 Å². The summed E-state index contributed by atoms with van der Waals surface area (Å²) < 4.78 is 0. The zero-order chi connectivity index (χ0) is 9.14. The third-order valence-electron chi connectivity index (χ3n) is 1.16. The van der Waals surface area contributed by atoms with Crippen LogP contribution in [0.25, 0.3) is 0 Å². The number of aromatic amines is 1. The summed E-state index contributed by atoms with van der Waals surface area (Å²) in [5, 5.41) is 10.3. The van der Waals surface area contributed by atoms with Crippen molar-refractivity contribution in [1.82, 2.24) is 9.97 Å². The van der Waals surface area contributed by atoms with Gasteiger partial charge in [0.05, 0.1) is 0 Å². The Morgan fingerprint density at radius 2 is 2.25 bits per heavy atom. The van der Waals surface area contributed by atoms with E-state index in [1.165, 1.54) is 0 Å². The molecule has 1 heterocycles. The lowest BCUT2D eigenvalue weighted by atomic mass is 10.5. The fourth-order valence-electron chi connectivity index (χ4n) is 0.612. The Labute approximate surface area is 67.0 Å². The quantitative estimate of drug-likeness (QED) is 0.306. The molecule has 0 aliphatic rings. The summed E-state index contributed by atoms with van der Waals surface area (Å²) in [6.07, 6.45) is 1.58. The number of nitrogen functional groups attached to an aromatic ring is 2. The van der Waals surface area contributed by atoms with Crippen LogP contribution in [-0.2, 0) is 0 Å². The first-order valence-corrected chi connectivity index (χ1v) is 2.95. The number of nitrogens with two attached hydrogens (primary N) is 2. The summed E-state index contributed by atoms with van der Waals surface area (Å²) in [6.45, 7) is 0. The number of nitrogens with one attached hydrogen (secondary N) is 2. The van der Waals surface area contributed by atoms with E-state index >= 15 is 0 Å². The average Bonchev–Trinajstić information content (AvgIpc) is 2.01. The van der Waals surface area contributed by atoms with Crippen molar-refractivity contribution in [2.75, 3.05) is 16.8 Å². The molecule has 0 fully saturated rings. The molecular formula is C5H6N6O. The topological polar surface area (TPSA) is 134 Å². The Hall–Kier alpha value is -2.23. The van der Waals surface area contributed by atoms with Gasteiger partial charge in [0.2, 0.25) is 5.95 Å². The Balaban J connectivity index is 3.24. The Bertz CT molecular complexity index is 388. The van der Waals surface area contributed by atoms with E-state index in [4.69, 9.17) is 16.7 Å². The molecule has 0 radical (unpaired) electrons. The first-order chi connectivity index (χ1) is 5.65. The highest BCUT2D eigenvalue weighted by Crippen LogP contribution is 2.05. The van der Waals surface area contributed by atoms with Crippen LogP contribution < -0.4 is 22.3 Å². The number of H-pyrrole nitrogens is 1. The largest absolute Gasteiger partial charge is 0.391 e. The predicted octanol–water partition coefficient (Wildman–Crippen LogP) is -1.17. The molecular weight excluding hydrogens is 160 g/mol. The van der Waals surface area contributed by atoms with Crippen LogP contribution >= 0.6 is 0 Å². The highest BCUT2D eigenvalue weighted by Gasteiger charge is 2.03. The van der Waals surface area contributed by atoms with Crippen molar-refractivity contribution in [2.24, 2.45) is 0 Å². The predicted molar refractivity (Wildman–Crippen MR) is 42.9 cm³/mol. The maximum absolute atomic E-state index is 10.9. The third kappa shape index (κ3) is 1.27. The fourth-order valence-corrected chi connectivity index (χ4v) is 0.612. The van der Waals surface area contributed by atoms with Gasteiger partial charge in [-0.25, -0.2) is 0 Å². The third-order valence-corrected chi connectivity index (χ3v) is 1.16. The second-order valence-corrected chi connectivity index (χ2v) is 1.95. The molecule has 0 aliphatic carbocycles. The highest BCUT2D eigenvalue weighted by atomic mass is 16.1. The van der Waals surface area contributed by atoms with Crippen LogP contribution in [-0.4, -0.2) is 9.97 Å². The maximum atomic E-state index is 10.9. The molecule has 0 aromatic carbocycles. The first-order valence-electron chi connectivity index (χ1n) is 2.95. The molecule has 62 valence electrons. The number of nitrogens with zero attached hydrogens (tertiary/aromatic N) is 2. The molecule has 0 atom stereocenters. The van der Waals surface area contributed by atoms with E-state index in [0.717, 1.165) is 0 Å². The van der Waals surface area contributed by atoms with Gasteiger partial charge in [0.15, 0.2) is 12.0 Å². The average molecular weight is 166 g/mol. The fraction of sp³-hybridized carbons (Fsp3) is 0. The standard InChI is InChI=1S/C5H6N6O/c6-1-9-5-10-3(8)2(7)4(12)11-5/h7H2,(H4,8,9,10,11,12). The van der Waals surface area contributed by atoms with E-state index in [9.17, 15) is 4.79 Å². The molecule has 0 aliphatic heterocycles. The van der Waals surface area contributed by atoms with Crippen LogP contribution in [0.5, 0.6) is 0 Å². The van der Waals surface area contributed by atoms with Gasteiger partial charge in [0, 0.05) is 0 Å². The summed E-state index contributed by atoms with van der Waals surface area (Å²) in [5.74, 6) is -0.120. The lowest BCUT2D eigenvalue weighted by Gasteiger charge is -1.99. The van der Waals surface area contributed by atoms with Gasteiger partial charge in [-0.3, -0.25) is 15.1 Å². The second kappa shape index (κ2) is 2.79. The van der Waals surface area contributed by atoms with Crippen molar-refractivity contribution in [3.8, 4) is 6.19 Å².